The van der Waals surface area contributed by atoms with Crippen molar-refractivity contribution in [3.8, 4) is 22.8 Å². The molecule has 22 heavy (non-hydrogen) atoms. The van der Waals surface area contributed by atoms with E-state index in [0.717, 1.165) is 28.3 Å². The lowest BCUT2D eigenvalue weighted by atomic mass is 10.1. The Morgan fingerprint density at radius 2 is 1.82 bits per heavy atom. The third kappa shape index (κ3) is 2.93. The van der Waals surface area contributed by atoms with Gasteiger partial charge in [-0.3, -0.25) is 0 Å². The van der Waals surface area contributed by atoms with Crippen LogP contribution in [0.3, 0.4) is 0 Å². The molecule has 2 aromatic carbocycles. The van der Waals surface area contributed by atoms with E-state index in [-0.39, 0.29) is 6.10 Å². The van der Waals surface area contributed by atoms with Crippen molar-refractivity contribution in [3.05, 3.63) is 48.5 Å². The minimum absolute atomic E-state index is 0.108. The van der Waals surface area contributed by atoms with E-state index >= 15 is 0 Å². The second-order valence-electron chi connectivity index (χ2n) is 5.53. The lowest BCUT2D eigenvalue weighted by molar-refractivity contribution is 0.224. The number of hydrogen-bond acceptors (Lipinski definition) is 2. The van der Waals surface area contributed by atoms with Crippen molar-refractivity contribution >= 4 is 10.9 Å². The molecule has 1 heterocycles. The molecule has 0 aliphatic carbocycles. The summed E-state index contributed by atoms with van der Waals surface area (Å²) in [6, 6.07) is 16.5. The molecule has 114 valence electrons. The second-order valence-corrected chi connectivity index (χ2v) is 5.53. The van der Waals surface area contributed by atoms with Crippen molar-refractivity contribution in [2.75, 3.05) is 6.61 Å². The van der Waals surface area contributed by atoms with Crippen molar-refractivity contribution in [2.45, 2.75) is 26.9 Å². The van der Waals surface area contributed by atoms with Gasteiger partial charge in [-0.15, -0.1) is 0 Å². The molecule has 0 fully saturated rings. The first-order chi connectivity index (χ1) is 10.7. The smallest absolute Gasteiger partial charge is 0.162 e. The van der Waals surface area contributed by atoms with E-state index in [1.165, 1.54) is 5.39 Å². The molecule has 3 aromatic rings. The largest absolute Gasteiger partial charge is 0.490 e. The van der Waals surface area contributed by atoms with Gasteiger partial charge in [0.15, 0.2) is 11.5 Å². The minimum Gasteiger partial charge on any atom is -0.490 e. The Bertz CT molecular complexity index is 741. The molecule has 0 amide bonds. The van der Waals surface area contributed by atoms with E-state index in [1.54, 1.807) is 0 Å². The highest BCUT2D eigenvalue weighted by atomic mass is 16.5. The van der Waals surface area contributed by atoms with Gasteiger partial charge in [-0.1, -0.05) is 18.2 Å². The monoisotopic (exact) mass is 295 g/mol. The zero-order chi connectivity index (χ0) is 15.5. The summed E-state index contributed by atoms with van der Waals surface area (Å²) < 4.78 is 11.5. The van der Waals surface area contributed by atoms with Gasteiger partial charge in [0.25, 0.3) is 0 Å². The molecule has 0 radical (unpaired) electrons. The van der Waals surface area contributed by atoms with Crippen LogP contribution in [0, 0.1) is 0 Å². The van der Waals surface area contributed by atoms with Gasteiger partial charge in [0.05, 0.1) is 12.7 Å². The Morgan fingerprint density at radius 1 is 1.00 bits per heavy atom. The zero-order valence-corrected chi connectivity index (χ0v) is 13.2. The van der Waals surface area contributed by atoms with Gasteiger partial charge in [0.1, 0.15) is 0 Å². The maximum absolute atomic E-state index is 5.90. The number of benzene rings is 2. The van der Waals surface area contributed by atoms with Crippen LogP contribution in [-0.4, -0.2) is 17.7 Å². The van der Waals surface area contributed by atoms with E-state index in [4.69, 9.17) is 9.47 Å². The van der Waals surface area contributed by atoms with Crippen molar-refractivity contribution in [3.63, 3.8) is 0 Å². The highest BCUT2D eigenvalue weighted by Crippen LogP contribution is 2.34. The van der Waals surface area contributed by atoms with Crippen LogP contribution < -0.4 is 9.47 Å². The third-order valence-electron chi connectivity index (χ3n) is 3.45. The molecule has 0 saturated carbocycles. The topological polar surface area (TPSA) is 34.2 Å². The normalized spacial score (nSPS) is 11.1. The van der Waals surface area contributed by atoms with Crippen molar-refractivity contribution in [2.24, 2.45) is 0 Å². The van der Waals surface area contributed by atoms with Gasteiger partial charge in [-0.05, 0) is 51.1 Å². The van der Waals surface area contributed by atoms with Crippen molar-refractivity contribution in [1.82, 2.24) is 4.98 Å². The molecule has 0 aliphatic rings. The van der Waals surface area contributed by atoms with E-state index in [2.05, 4.69) is 29.2 Å². The summed E-state index contributed by atoms with van der Waals surface area (Å²) in [7, 11) is 0. The molecule has 3 rings (SSSR count). The number of nitrogens with one attached hydrogen (secondary N) is 1. The second kappa shape index (κ2) is 6.14. The Hall–Kier alpha value is -2.42. The fourth-order valence-electron chi connectivity index (χ4n) is 2.53. The number of H-pyrrole nitrogens is 1. The Kier molecular flexibility index (Phi) is 4.05. The summed E-state index contributed by atoms with van der Waals surface area (Å²) in [5.74, 6) is 1.57. The van der Waals surface area contributed by atoms with E-state index in [9.17, 15) is 0 Å². The van der Waals surface area contributed by atoms with Crippen LogP contribution in [0.1, 0.15) is 20.8 Å². The maximum Gasteiger partial charge on any atom is 0.162 e. The summed E-state index contributed by atoms with van der Waals surface area (Å²) in [5.41, 5.74) is 3.31. The van der Waals surface area contributed by atoms with Gasteiger partial charge in [0, 0.05) is 22.2 Å². The number of aromatic amines is 1. The zero-order valence-electron chi connectivity index (χ0n) is 13.2. The van der Waals surface area contributed by atoms with Crippen LogP contribution in [0.15, 0.2) is 48.5 Å². The first-order valence-electron chi connectivity index (χ1n) is 7.69. The summed E-state index contributed by atoms with van der Waals surface area (Å²) in [5, 5.41) is 1.21. The van der Waals surface area contributed by atoms with Crippen LogP contribution >= 0.6 is 0 Å². The minimum atomic E-state index is 0.108. The van der Waals surface area contributed by atoms with Gasteiger partial charge in [0.2, 0.25) is 0 Å². The van der Waals surface area contributed by atoms with Crippen molar-refractivity contribution in [1.29, 1.82) is 0 Å². The molecule has 0 atom stereocenters. The number of fused-ring (bicyclic) bond motifs is 1. The average molecular weight is 295 g/mol. The lowest BCUT2D eigenvalue weighted by Gasteiger charge is -2.15. The average Bonchev–Trinajstić information content (AvgIpc) is 2.92. The van der Waals surface area contributed by atoms with Gasteiger partial charge in [-0.2, -0.15) is 0 Å². The molecular weight excluding hydrogens is 274 g/mol. The van der Waals surface area contributed by atoms with E-state index < -0.39 is 0 Å². The van der Waals surface area contributed by atoms with E-state index in [0.29, 0.717) is 6.61 Å². The van der Waals surface area contributed by atoms with E-state index in [1.807, 2.05) is 45.0 Å². The molecule has 0 saturated heterocycles. The molecule has 1 aromatic heterocycles. The standard InChI is InChI=1S/C19H21NO2/c1-4-21-18-10-9-15(12-19(18)22-13(2)3)17-11-14-7-5-6-8-16(14)20-17/h5-13,20H,4H2,1-3H3. The predicted molar refractivity (Wildman–Crippen MR) is 90.7 cm³/mol. The highest BCUT2D eigenvalue weighted by molar-refractivity contribution is 5.86. The van der Waals surface area contributed by atoms with Gasteiger partial charge < -0.3 is 14.5 Å². The predicted octanol–water partition coefficient (Wildman–Crippen LogP) is 5.02. The number of aromatic nitrogens is 1. The quantitative estimate of drug-likeness (QED) is 0.717. The molecule has 3 nitrogen and oxygen atoms in total. The fourth-order valence-corrected chi connectivity index (χ4v) is 2.53. The van der Waals surface area contributed by atoms with Gasteiger partial charge in [-0.25, -0.2) is 0 Å². The molecule has 0 unspecified atom stereocenters. The number of rotatable bonds is 5. The molecule has 0 aliphatic heterocycles. The first-order valence-corrected chi connectivity index (χ1v) is 7.69. The van der Waals surface area contributed by atoms with Gasteiger partial charge >= 0.3 is 0 Å². The van der Waals surface area contributed by atoms with Crippen LogP contribution in [0.4, 0.5) is 0 Å². The summed E-state index contributed by atoms with van der Waals surface area (Å²) in [6.07, 6.45) is 0.108. The number of para-hydroxylation sites is 1. The van der Waals surface area contributed by atoms with Crippen LogP contribution in [0.2, 0.25) is 0 Å². The molecule has 0 bridgehead atoms. The molecule has 1 N–H and O–H groups in total. The highest BCUT2D eigenvalue weighted by Gasteiger charge is 2.11. The van der Waals surface area contributed by atoms with Crippen molar-refractivity contribution < 1.29 is 9.47 Å². The van der Waals surface area contributed by atoms with Crippen LogP contribution in [0.25, 0.3) is 22.2 Å². The third-order valence-corrected chi connectivity index (χ3v) is 3.45. The number of ether oxygens (including phenoxy) is 2. The lowest BCUT2D eigenvalue weighted by Crippen LogP contribution is -2.07. The number of hydrogen-bond donors (Lipinski definition) is 1. The Labute approximate surface area is 130 Å². The maximum atomic E-state index is 5.90. The summed E-state index contributed by atoms with van der Waals surface area (Å²) in [6.45, 7) is 6.64. The molecule has 0 spiro atoms. The van der Waals surface area contributed by atoms with Crippen LogP contribution in [-0.2, 0) is 0 Å². The Morgan fingerprint density at radius 3 is 2.55 bits per heavy atom. The SMILES string of the molecule is CCOc1ccc(-c2cc3ccccc3[nH]2)cc1OC(C)C. The van der Waals surface area contributed by atoms with Crippen LogP contribution in [0.5, 0.6) is 11.5 Å². The Balaban J connectivity index is 2.02. The molecule has 3 heteroatoms. The summed E-state index contributed by atoms with van der Waals surface area (Å²) in [4.78, 5) is 3.45. The summed E-state index contributed by atoms with van der Waals surface area (Å²) >= 11 is 0. The fraction of sp³-hybridized carbons (Fsp3) is 0.263. The molecular formula is C19H21NO2. The first kappa shape index (κ1) is 14.5.